The molecular formula is C33H37F3N6O4S. The average Bonchev–Trinajstić information content (AvgIpc) is 3.92. The summed E-state index contributed by atoms with van der Waals surface area (Å²) in [6.07, 6.45) is 3.50. The third kappa shape index (κ3) is 7.34. The topological polar surface area (TPSA) is 118 Å². The van der Waals surface area contributed by atoms with Crippen molar-refractivity contribution in [2.75, 3.05) is 37.4 Å². The monoisotopic (exact) mass is 670 g/mol. The third-order valence-electron chi connectivity index (χ3n) is 8.28. The number of aromatic nitrogens is 2. The van der Waals surface area contributed by atoms with E-state index in [4.69, 9.17) is 4.74 Å². The van der Waals surface area contributed by atoms with Gasteiger partial charge in [-0.2, -0.15) is 0 Å². The number of halogens is 3. The van der Waals surface area contributed by atoms with E-state index in [1.54, 1.807) is 41.8 Å². The molecule has 2 amide bonds. The van der Waals surface area contributed by atoms with E-state index in [9.17, 15) is 27.6 Å². The van der Waals surface area contributed by atoms with Crippen LogP contribution < -0.4 is 21.5 Å². The molecule has 10 nitrogen and oxygen atoms in total. The number of nitrogens with one attached hydrogen (secondary N) is 3. The molecule has 0 spiro atoms. The lowest BCUT2D eigenvalue weighted by molar-refractivity contribution is -0.113. The second kappa shape index (κ2) is 12.6. The standard InChI is InChI=1S/C33H37F3N6O4S/c1-18(2)38-26-10-20(23-8-5-21(34)12-24(23)29(44)41-16-33(35,36)17-41)11-27(39-26)40-28(43)25-9-19(14-42(30(25)45)22-6-7-22)13-37-15-32(3)31(46-4)47-32/h5,8-12,14,18,22,31,37H,6-7,13,15-17H2,1-4H3,(H2,38,39,40,43)/t31?,32-/m0/s1. The molecular weight excluding hydrogens is 633 g/mol. The number of methoxy groups -OCH3 is 1. The molecule has 1 aromatic carbocycles. The Balaban J connectivity index is 1.29. The number of rotatable bonds is 12. The van der Waals surface area contributed by atoms with Crippen molar-refractivity contribution in [2.24, 2.45) is 0 Å². The molecule has 1 saturated carbocycles. The zero-order valence-corrected chi connectivity index (χ0v) is 27.3. The number of benzene rings is 1. The van der Waals surface area contributed by atoms with Gasteiger partial charge in [-0.05, 0) is 80.6 Å². The summed E-state index contributed by atoms with van der Waals surface area (Å²) in [7, 11) is 1.68. The molecule has 3 fully saturated rings. The maximum absolute atomic E-state index is 14.3. The van der Waals surface area contributed by atoms with Crippen LogP contribution in [0.15, 0.2) is 47.4 Å². The number of pyridine rings is 2. The Morgan fingerprint density at radius 3 is 2.47 bits per heavy atom. The van der Waals surface area contributed by atoms with Crippen LogP contribution >= 0.6 is 11.8 Å². The molecule has 6 rings (SSSR count). The van der Waals surface area contributed by atoms with Gasteiger partial charge < -0.3 is 30.2 Å². The lowest BCUT2D eigenvalue weighted by atomic mass is 9.97. The van der Waals surface area contributed by atoms with Crippen LogP contribution in [-0.2, 0) is 11.3 Å². The molecule has 250 valence electrons. The van der Waals surface area contributed by atoms with Gasteiger partial charge in [-0.3, -0.25) is 14.4 Å². The van der Waals surface area contributed by atoms with Crippen molar-refractivity contribution in [1.82, 2.24) is 19.8 Å². The van der Waals surface area contributed by atoms with Crippen LogP contribution in [0.3, 0.4) is 0 Å². The maximum Gasteiger partial charge on any atom is 0.282 e. The lowest BCUT2D eigenvalue weighted by Gasteiger charge is -2.39. The first-order valence-corrected chi connectivity index (χ1v) is 16.4. The highest BCUT2D eigenvalue weighted by molar-refractivity contribution is 8.08. The Morgan fingerprint density at radius 2 is 1.83 bits per heavy atom. The Bertz CT molecular complexity index is 1770. The number of hydrogen-bond acceptors (Lipinski definition) is 8. The van der Waals surface area contributed by atoms with Crippen LogP contribution in [-0.4, -0.2) is 75.2 Å². The number of carbonyl (C=O) groups excluding carboxylic acids is 2. The quantitative estimate of drug-likeness (QED) is 0.228. The summed E-state index contributed by atoms with van der Waals surface area (Å²) in [5.74, 6) is -4.65. The summed E-state index contributed by atoms with van der Waals surface area (Å²) in [4.78, 5) is 45.8. The Morgan fingerprint density at radius 1 is 1.11 bits per heavy atom. The van der Waals surface area contributed by atoms with E-state index in [2.05, 4.69) is 27.9 Å². The number of hydrogen-bond donors (Lipinski definition) is 3. The van der Waals surface area contributed by atoms with Gasteiger partial charge in [0.2, 0.25) is 0 Å². The van der Waals surface area contributed by atoms with Crippen molar-refractivity contribution in [1.29, 1.82) is 0 Å². The molecule has 4 heterocycles. The van der Waals surface area contributed by atoms with Crippen LogP contribution in [0.25, 0.3) is 11.1 Å². The fraction of sp³-hybridized carbons (Fsp3) is 0.455. The van der Waals surface area contributed by atoms with Crippen LogP contribution in [0.1, 0.15) is 65.9 Å². The molecule has 3 aromatic rings. The van der Waals surface area contributed by atoms with E-state index in [1.807, 2.05) is 13.8 Å². The lowest BCUT2D eigenvalue weighted by Crippen LogP contribution is -2.58. The van der Waals surface area contributed by atoms with Gasteiger partial charge in [-0.15, -0.1) is 11.8 Å². The summed E-state index contributed by atoms with van der Waals surface area (Å²) in [5, 5.41) is 9.33. The minimum atomic E-state index is -2.99. The SMILES string of the molecule is COC1S[C@@]1(C)CNCc1cc(C(=O)Nc2cc(-c3ccc(F)cc3C(=O)N3CC(F)(F)C3)cc(NC(C)C)n2)c(=O)n(C2CC2)c1. The molecule has 1 unspecified atom stereocenters. The molecule has 3 aliphatic rings. The molecule has 0 bridgehead atoms. The summed E-state index contributed by atoms with van der Waals surface area (Å²) in [6, 6.07) is 8.25. The van der Waals surface area contributed by atoms with Gasteiger partial charge in [0.25, 0.3) is 23.3 Å². The zero-order valence-electron chi connectivity index (χ0n) is 26.5. The van der Waals surface area contributed by atoms with Crippen molar-refractivity contribution in [3.8, 4) is 11.1 Å². The fourth-order valence-corrected chi connectivity index (χ4v) is 6.59. The number of carbonyl (C=O) groups is 2. The number of alkyl halides is 2. The number of amides is 2. The first-order valence-electron chi connectivity index (χ1n) is 15.5. The molecule has 2 aliphatic heterocycles. The fourth-order valence-electron chi connectivity index (χ4n) is 5.71. The summed E-state index contributed by atoms with van der Waals surface area (Å²) in [5.41, 5.74) is 1.02. The third-order valence-corrected chi connectivity index (χ3v) is 9.85. The van der Waals surface area contributed by atoms with Crippen LogP contribution in [0, 0.1) is 5.82 Å². The van der Waals surface area contributed by atoms with Gasteiger partial charge >= 0.3 is 0 Å². The van der Waals surface area contributed by atoms with Crippen molar-refractivity contribution in [3.63, 3.8) is 0 Å². The highest BCUT2D eigenvalue weighted by Crippen LogP contribution is 2.53. The summed E-state index contributed by atoms with van der Waals surface area (Å²) >= 11 is 1.73. The summed E-state index contributed by atoms with van der Waals surface area (Å²) in [6.45, 7) is 5.52. The highest BCUT2D eigenvalue weighted by Gasteiger charge is 2.51. The Kier molecular flexibility index (Phi) is 8.87. The van der Waals surface area contributed by atoms with Crippen molar-refractivity contribution < 1.29 is 27.5 Å². The molecule has 2 atom stereocenters. The number of likely N-dealkylation sites (tertiary alicyclic amines) is 1. The van der Waals surface area contributed by atoms with Crippen molar-refractivity contribution >= 4 is 35.2 Å². The Labute approximate surface area is 274 Å². The first-order chi connectivity index (χ1) is 22.2. The predicted octanol–water partition coefficient (Wildman–Crippen LogP) is 5.12. The second-order valence-corrected chi connectivity index (χ2v) is 14.5. The molecule has 2 aromatic heterocycles. The van der Waals surface area contributed by atoms with Gasteiger partial charge in [-0.1, -0.05) is 6.07 Å². The summed E-state index contributed by atoms with van der Waals surface area (Å²) < 4.78 is 48.5. The number of nitrogens with zero attached hydrogens (tertiary/aromatic N) is 3. The molecule has 1 aliphatic carbocycles. The number of ether oxygens (including phenoxy) is 1. The smallest absolute Gasteiger partial charge is 0.282 e. The number of anilines is 2. The van der Waals surface area contributed by atoms with Gasteiger partial charge in [0.1, 0.15) is 28.5 Å². The van der Waals surface area contributed by atoms with E-state index in [1.165, 1.54) is 18.2 Å². The van der Waals surface area contributed by atoms with E-state index >= 15 is 0 Å². The maximum atomic E-state index is 14.3. The molecule has 3 N–H and O–H groups in total. The van der Waals surface area contributed by atoms with E-state index in [0.29, 0.717) is 24.5 Å². The van der Waals surface area contributed by atoms with Gasteiger partial charge in [-0.25, -0.2) is 18.2 Å². The van der Waals surface area contributed by atoms with Crippen LogP contribution in [0.2, 0.25) is 0 Å². The van der Waals surface area contributed by atoms with E-state index in [0.717, 1.165) is 29.4 Å². The average molecular weight is 671 g/mol. The van der Waals surface area contributed by atoms with Crippen molar-refractivity contribution in [3.05, 3.63) is 75.5 Å². The predicted molar refractivity (Wildman–Crippen MR) is 175 cm³/mol. The molecule has 47 heavy (non-hydrogen) atoms. The minimum absolute atomic E-state index is 0.0341. The van der Waals surface area contributed by atoms with Crippen LogP contribution in [0.5, 0.6) is 0 Å². The van der Waals surface area contributed by atoms with Crippen LogP contribution in [0.4, 0.5) is 24.8 Å². The normalized spacial score (nSPS) is 21.4. The Hall–Kier alpha value is -3.88. The number of thioether (sulfide) groups is 1. The second-order valence-electron chi connectivity index (χ2n) is 12.9. The van der Waals surface area contributed by atoms with E-state index < -0.39 is 42.2 Å². The molecule has 0 radical (unpaired) electrons. The molecule has 2 saturated heterocycles. The van der Waals surface area contributed by atoms with Crippen molar-refractivity contribution in [2.45, 2.75) is 68.3 Å². The van der Waals surface area contributed by atoms with Gasteiger partial charge in [0, 0.05) is 38.5 Å². The highest BCUT2D eigenvalue weighted by atomic mass is 32.2. The largest absolute Gasteiger partial charge is 0.369 e. The van der Waals surface area contributed by atoms with Gasteiger partial charge in [0.05, 0.1) is 23.4 Å². The minimum Gasteiger partial charge on any atom is -0.369 e. The molecule has 14 heteroatoms. The van der Waals surface area contributed by atoms with Gasteiger partial charge in [0.15, 0.2) is 0 Å². The zero-order chi connectivity index (χ0) is 33.7. The first kappa shape index (κ1) is 33.0. The van der Waals surface area contributed by atoms with E-state index in [-0.39, 0.29) is 44.8 Å².